The van der Waals surface area contributed by atoms with E-state index < -0.39 is 0 Å². The van der Waals surface area contributed by atoms with Crippen molar-refractivity contribution in [3.05, 3.63) is 65.7 Å². The van der Waals surface area contributed by atoms with E-state index in [4.69, 9.17) is 4.74 Å². The molecule has 2 heteroatoms. The fourth-order valence-electron chi connectivity index (χ4n) is 2.54. The number of rotatable bonds is 7. The Morgan fingerprint density at radius 1 is 0.952 bits per heavy atom. The molecular weight excluding hydrogens is 258 g/mol. The molecular formula is C19H25NO. The van der Waals surface area contributed by atoms with E-state index in [0.717, 1.165) is 18.6 Å². The van der Waals surface area contributed by atoms with Crippen molar-refractivity contribution in [3.63, 3.8) is 0 Å². The summed E-state index contributed by atoms with van der Waals surface area (Å²) in [5, 5.41) is 3.42. The number of nitrogens with one attached hydrogen (secondary N) is 1. The number of para-hydroxylation sites is 1. The van der Waals surface area contributed by atoms with Crippen molar-refractivity contribution in [2.45, 2.75) is 38.8 Å². The normalized spacial score (nSPS) is 12.4. The minimum atomic E-state index is 0.192. The van der Waals surface area contributed by atoms with Crippen molar-refractivity contribution < 1.29 is 4.74 Å². The lowest BCUT2D eigenvalue weighted by Crippen LogP contribution is -2.19. The van der Waals surface area contributed by atoms with Gasteiger partial charge in [-0.2, -0.15) is 0 Å². The van der Waals surface area contributed by atoms with Crippen molar-refractivity contribution in [3.8, 4) is 5.75 Å². The van der Waals surface area contributed by atoms with Gasteiger partial charge in [-0.1, -0.05) is 48.5 Å². The van der Waals surface area contributed by atoms with Gasteiger partial charge in [-0.15, -0.1) is 0 Å². The average molecular weight is 283 g/mol. The topological polar surface area (TPSA) is 21.3 Å². The van der Waals surface area contributed by atoms with Crippen LogP contribution in [-0.4, -0.2) is 13.2 Å². The molecule has 1 N–H and O–H groups in total. The summed E-state index contributed by atoms with van der Waals surface area (Å²) in [4.78, 5) is 0. The molecule has 2 aromatic carbocycles. The Morgan fingerprint density at radius 3 is 2.29 bits per heavy atom. The van der Waals surface area contributed by atoms with E-state index in [1.807, 2.05) is 13.1 Å². The number of ether oxygens (including phenoxy) is 1. The quantitative estimate of drug-likeness (QED) is 0.815. The van der Waals surface area contributed by atoms with Gasteiger partial charge >= 0.3 is 0 Å². The Hall–Kier alpha value is -1.80. The highest BCUT2D eigenvalue weighted by atomic mass is 16.5. The van der Waals surface area contributed by atoms with Crippen molar-refractivity contribution in [1.29, 1.82) is 0 Å². The summed E-state index contributed by atoms with van der Waals surface area (Å²) in [5.74, 6) is 0.986. The van der Waals surface area contributed by atoms with Gasteiger partial charge in [0, 0.05) is 11.6 Å². The molecule has 0 aromatic heterocycles. The average Bonchev–Trinajstić information content (AvgIpc) is 2.50. The molecule has 112 valence electrons. The SMILES string of the molecule is CNC(CCc1ccccc1)c1ccccc1OC(C)C. The summed E-state index contributed by atoms with van der Waals surface area (Å²) in [6.45, 7) is 4.13. The zero-order valence-corrected chi connectivity index (χ0v) is 13.2. The Morgan fingerprint density at radius 2 is 1.62 bits per heavy atom. The van der Waals surface area contributed by atoms with Gasteiger partial charge in [0.25, 0.3) is 0 Å². The second-order valence-electron chi connectivity index (χ2n) is 5.57. The number of benzene rings is 2. The molecule has 0 amide bonds. The van der Waals surface area contributed by atoms with E-state index in [-0.39, 0.29) is 6.10 Å². The van der Waals surface area contributed by atoms with Gasteiger partial charge < -0.3 is 10.1 Å². The smallest absolute Gasteiger partial charge is 0.124 e. The Balaban J connectivity index is 2.10. The molecule has 21 heavy (non-hydrogen) atoms. The summed E-state index contributed by atoms with van der Waals surface area (Å²) in [7, 11) is 2.02. The maximum atomic E-state index is 5.94. The zero-order valence-electron chi connectivity index (χ0n) is 13.2. The lowest BCUT2D eigenvalue weighted by Gasteiger charge is -2.21. The highest BCUT2D eigenvalue weighted by Crippen LogP contribution is 2.28. The third kappa shape index (κ3) is 4.61. The van der Waals surface area contributed by atoms with Crippen molar-refractivity contribution in [1.82, 2.24) is 5.32 Å². The van der Waals surface area contributed by atoms with Crippen LogP contribution in [0.25, 0.3) is 0 Å². The minimum absolute atomic E-state index is 0.192. The highest BCUT2D eigenvalue weighted by molar-refractivity contribution is 5.36. The first-order valence-electron chi connectivity index (χ1n) is 7.67. The summed E-state index contributed by atoms with van der Waals surface area (Å²) in [6.07, 6.45) is 2.30. The second-order valence-corrected chi connectivity index (χ2v) is 5.57. The van der Waals surface area contributed by atoms with Gasteiger partial charge in [0.2, 0.25) is 0 Å². The molecule has 0 bridgehead atoms. The predicted molar refractivity (Wildman–Crippen MR) is 88.8 cm³/mol. The molecule has 0 spiro atoms. The molecule has 0 saturated heterocycles. The maximum Gasteiger partial charge on any atom is 0.124 e. The van der Waals surface area contributed by atoms with Crippen LogP contribution in [0.3, 0.4) is 0 Å². The van der Waals surface area contributed by atoms with Crippen LogP contribution in [0.15, 0.2) is 54.6 Å². The molecule has 0 aliphatic carbocycles. The third-order valence-corrected chi connectivity index (χ3v) is 3.57. The minimum Gasteiger partial charge on any atom is -0.491 e. The van der Waals surface area contributed by atoms with E-state index in [1.165, 1.54) is 11.1 Å². The van der Waals surface area contributed by atoms with Crippen LogP contribution in [0.1, 0.15) is 37.4 Å². The second kappa shape index (κ2) is 7.84. The van der Waals surface area contributed by atoms with Crippen molar-refractivity contribution in [2.24, 2.45) is 0 Å². The molecule has 0 saturated carbocycles. The lowest BCUT2D eigenvalue weighted by atomic mass is 9.98. The monoisotopic (exact) mass is 283 g/mol. The maximum absolute atomic E-state index is 5.94. The van der Waals surface area contributed by atoms with E-state index in [0.29, 0.717) is 6.04 Å². The fraction of sp³-hybridized carbons (Fsp3) is 0.368. The summed E-state index contributed by atoms with van der Waals surface area (Å²) >= 11 is 0. The van der Waals surface area contributed by atoms with E-state index in [1.54, 1.807) is 0 Å². The Labute approximate surface area is 128 Å². The summed E-state index contributed by atoms with van der Waals surface area (Å²) in [5.41, 5.74) is 2.62. The van der Waals surface area contributed by atoms with Crippen LogP contribution in [0.5, 0.6) is 5.75 Å². The third-order valence-electron chi connectivity index (χ3n) is 3.57. The largest absolute Gasteiger partial charge is 0.491 e. The van der Waals surface area contributed by atoms with Crippen molar-refractivity contribution >= 4 is 0 Å². The van der Waals surface area contributed by atoms with Crippen LogP contribution in [0.2, 0.25) is 0 Å². The summed E-state index contributed by atoms with van der Waals surface area (Å²) in [6, 6.07) is 19.3. The van der Waals surface area contributed by atoms with Gasteiger partial charge in [0.05, 0.1) is 6.10 Å². The van der Waals surface area contributed by atoms with Gasteiger partial charge in [-0.05, 0) is 45.4 Å². The van der Waals surface area contributed by atoms with Gasteiger partial charge in [-0.25, -0.2) is 0 Å². The standard InChI is InChI=1S/C19H25NO/c1-15(2)21-19-12-8-7-11-17(19)18(20-3)14-13-16-9-5-4-6-10-16/h4-12,15,18,20H,13-14H2,1-3H3. The molecule has 0 aliphatic heterocycles. The van der Waals surface area contributed by atoms with Gasteiger partial charge in [-0.3, -0.25) is 0 Å². The fourth-order valence-corrected chi connectivity index (χ4v) is 2.54. The number of hydrogen-bond donors (Lipinski definition) is 1. The van der Waals surface area contributed by atoms with E-state index >= 15 is 0 Å². The zero-order chi connectivity index (χ0) is 15.1. The van der Waals surface area contributed by atoms with Crippen LogP contribution in [0, 0.1) is 0 Å². The van der Waals surface area contributed by atoms with E-state index in [9.17, 15) is 0 Å². The van der Waals surface area contributed by atoms with Crippen LogP contribution < -0.4 is 10.1 Å². The molecule has 1 unspecified atom stereocenters. The first-order chi connectivity index (χ1) is 10.2. The first-order valence-corrected chi connectivity index (χ1v) is 7.67. The molecule has 0 aliphatic rings. The van der Waals surface area contributed by atoms with Crippen LogP contribution in [0.4, 0.5) is 0 Å². The molecule has 0 fully saturated rings. The van der Waals surface area contributed by atoms with Gasteiger partial charge in [0.1, 0.15) is 5.75 Å². The lowest BCUT2D eigenvalue weighted by molar-refractivity contribution is 0.237. The molecule has 2 aromatic rings. The Kier molecular flexibility index (Phi) is 5.82. The Bertz CT molecular complexity index is 536. The van der Waals surface area contributed by atoms with Crippen LogP contribution in [-0.2, 0) is 6.42 Å². The molecule has 2 nitrogen and oxygen atoms in total. The van der Waals surface area contributed by atoms with E-state index in [2.05, 4.69) is 67.7 Å². The van der Waals surface area contributed by atoms with Crippen LogP contribution >= 0.6 is 0 Å². The number of aryl methyl sites for hydroxylation is 1. The number of hydrogen-bond acceptors (Lipinski definition) is 2. The van der Waals surface area contributed by atoms with Gasteiger partial charge in [0.15, 0.2) is 0 Å². The molecule has 0 radical (unpaired) electrons. The molecule has 2 rings (SSSR count). The predicted octanol–water partition coefficient (Wildman–Crippen LogP) is 4.37. The highest BCUT2D eigenvalue weighted by Gasteiger charge is 2.15. The molecule has 1 atom stereocenters. The molecule has 0 heterocycles. The van der Waals surface area contributed by atoms with Crippen molar-refractivity contribution in [2.75, 3.05) is 7.05 Å². The first kappa shape index (κ1) is 15.6. The summed E-state index contributed by atoms with van der Waals surface area (Å²) < 4.78 is 5.94.